The van der Waals surface area contributed by atoms with Crippen molar-refractivity contribution < 1.29 is 4.39 Å². The summed E-state index contributed by atoms with van der Waals surface area (Å²) < 4.78 is 13.5. The first-order chi connectivity index (χ1) is 15.2. The quantitative estimate of drug-likeness (QED) is 0.457. The van der Waals surface area contributed by atoms with Crippen LogP contribution in [0.5, 0.6) is 0 Å². The molecule has 2 aliphatic rings. The summed E-state index contributed by atoms with van der Waals surface area (Å²) in [6, 6.07) is 6.96. The molecule has 1 saturated heterocycles. The number of anilines is 2. The number of imidazole rings is 1. The molecule has 4 heterocycles. The summed E-state index contributed by atoms with van der Waals surface area (Å²) in [6.07, 6.45) is 6.91. The first-order valence-electron chi connectivity index (χ1n) is 10.2. The Kier molecular flexibility index (Phi) is 4.15. The minimum atomic E-state index is -0.194. The van der Waals surface area contributed by atoms with Gasteiger partial charge >= 0.3 is 0 Å². The van der Waals surface area contributed by atoms with Crippen molar-refractivity contribution in [3.05, 3.63) is 65.5 Å². The van der Waals surface area contributed by atoms with E-state index in [1.807, 2.05) is 18.3 Å². The molecule has 1 aromatic carbocycles. The lowest BCUT2D eigenvalue weighted by Gasteiger charge is -2.38. The monoisotopic (exact) mass is 417 g/mol. The van der Waals surface area contributed by atoms with Crippen LogP contribution in [0.2, 0.25) is 0 Å². The van der Waals surface area contributed by atoms with Crippen LogP contribution in [0.15, 0.2) is 42.9 Å². The normalized spacial score (nSPS) is 18.1. The van der Waals surface area contributed by atoms with Gasteiger partial charge in [-0.2, -0.15) is 15.4 Å². The summed E-state index contributed by atoms with van der Waals surface area (Å²) in [4.78, 5) is 19.0. The molecule has 156 valence electrons. The minimum absolute atomic E-state index is 0.147. The minimum Gasteiger partial charge on any atom is -0.355 e. The molecule has 0 saturated carbocycles. The number of halogens is 1. The Morgan fingerprint density at radius 2 is 1.97 bits per heavy atom. The molecule has 3 aromatic heterocycles. The Morgan fingerprint density at radius 1 is 1.06 bits per heavy atom. The second kappa shape index (κ2) is 7.15. The van der Waals surface area contributed by atoms with Gasteiger partial charge in [0.25, 0.3) is 0 Å². The fourth-order valence-electron chi connectivity index (χ4n) is 4.30. The number of aromatic nitrogens is 7. The molecule has 0 radical (unpaired) electrons. The van der Waals surface area contributed by atoms with E-state index in [2.05, 4.69) is 45.6 Å². The molecule has 9 nitrogen and oxygen atoms in total. The van der Waals surface area contributed by atoms with Gasteiger partial charge in [0.1, 0.15) is 17.3 Å². The molecule has 1 fully saturated rings. The van der Waals surface area contributed by atoms with Crippen LogP contribution in [0.3, 0.4) is 0 Å². The second-order valence-electron chi connectivity index (χ2n) is 8.04. The zero-order valence-corrected chi connectivity index (χ0v) is 16.6. The van der Waals surface area contributed by atoms with Gasteiger partial charge in [0.05, 0.1) is 18.1 Å². The van der Waals surface area contributed by atoms with E-state index in [0.29, 0.717) is 17.7 Å². The maximum absolute atomic E-state index is 13.5. The molecule has 6 rings (SSSR count). The van der Waals surface area contributed by atoms with Crippen LogP contribution in [0.4, 0.5) is 16.2 Å². The van der Waals surface area contributed by atoms with Crippen LogP contribution in [0.1, 0.15) is 22.7 Å². The van der Waals surface area contributed by atoms with Crippen molar-refractivity contribution in [2.75, 3.05) is 23.3 Å². The van der Waals surface area contributed by atoms with E-state index < -0.39 is 0 Å². The fraction of sp³-hybridized carbons (Fsp3) is 0.286. The molecule has 3 N–H and O–H groups in total. The number of benzene rings is 1. The van der Waals surface area contributed by atoms with Gasteiger partial charge in [0.2, 0.25) is 5.95 Å². The smallest absolute Gasteiger partial charge is 0.223 e. The zero-order valence-electron chi connectivity index (χ0n) is 16.6. The summed E-state index contributed by atoms with van der Waals surface area (Å²) in [5.74, 6) is 2.38. The van der Waals surface area contributed by atoms with Crippen LogP contribution in [0.25, 0.3) is 11.5 Å². The van der Waals surface area contributed by atoms with Gasteiger partial charge in [-0.15, -0.1) is 0 Å². The third-order valence-electron chi connectivity index (χ3n) is 5.97. The number of aromatic amines is 2. The van der Waals surface area contributed by atoms with E-state index in [-0.39, 0.29) is 11.9 Å². The number of hydrogen-bond acceptors (Lipinski definition) is 7. The Hall–Kier alpha value is -3.82. The van der Waals surface area contributed by atoms with Crippen molar-refractivity contribution in [2.45, 2.75) is 24.8 Å². The van der Waals surface area contributed by atoms with Gasteiger partial charge < -0.3 is 15.2 Å². The molecular formula is C21H20FN9. The van der Waals surface area contributed by atoms with Crippen LogP contribution < -0.4 is 10.2 Å². The molecule has 1 aliphatic heterocycles. The molecule has 10 heteroatoms. The van der Waals surface area contributed by atoms with E-state index in [1.54, 1.807) is 18.5 Å². The highest BCUT2D eigenvalue weighted by Gasteiger charge is 2.31. The molecule has 4 aromatic rings. The number of H-pyrrole nitrogens is 2. The number of fused-ring (bicyclic) bond motifs is 1. The lowest BCUT2D eigenvalue weighted by atomic mass is 9.97. The third kappa shape index (κ3) is 3.39. The van der Waals surface area contributed by atoms with Crippen molar-refractivity contribution >= 4 is 11.8 Å². The lowest BCUT2D eigenvalue weighted by Crippen LogP contribution is -2.45. The predicted molar refractivity (Wildman–Crippen MR) is 112 cm³/mol. The van der Waals surface area contributed by atoms with E-state index in [4.69, 9.17) is 0 Å². The van der Waals surface area contributed by atoms with E-state index >= 15 is 0 Å². The molecule has 1 aliphatic carbocycles. The molecule has 1 atom stereocenters. The highest BCUT2D eigenvalue weighted by molar-refractivity contribution is 5.56. The Labute approximate surface area is 177 Å². The van der Waals surface area contributed by atoms with Crippen molar-refractivity contribution in [3.63, 3.8) is 0 Å². The maximum Gasteiger partial charge on any atom is 0.223 e. The SMILES string of the molecule is Fc1ccc2c(c1)CC(Nc1nccc(-c3ncc(N4CC(c5cn[nH]n5)C4)[nH]3)n1)C2. The van der Waals surface area contributed by atoms with Crippen LogP contribution in [0, 0.1) is 5.82 Å². The van der Waals surface area contributed by atoms with E-state index in [9.17, 15) is 4.39 Å². The van der Waals surface area contributed by atoms with Crippen molar-refractivity contribution in [1.29, 1.82) is 0 Å². The fourth-order valence-corrected chi connectivity index (χ4v) is 4.30. The predicted octanol–water partition coefficient (Wildman–Crippen LogP) is 2.31. The van der Waals surface area contributed by atoms with Crippen molar-refractivity contribution in [1.82, 2.24) is 35.3 Å². The van der Waals surface area contributed by atoms with Gasteiger partial charge in [-0.3, -0.25) is 0 Å². The molecule has 31 heavy (non-hydrogen) atoms. The van der Waals surface area contributed by atoms with Crippen LogP contribution >= 0.6 is 0 Å². The Balaban J connectivity index is 1.13. The summed E-state index contributed by atoms with van der Waals surface area (Å²) in [6.45, 7) is 1.74. The van der Waals surface area contributed by atoms with E-state index in [1.165, 1.54) is 11.6 Å². The second-order valence-corrected chi connectivity index (χ2v) is 8.04. The van der Waals surface area contributed by atoms with Crippen LogP contribution in [-0.4, -0.2) is 54.5 Å². The highest BCUT2D eigenvalue weighted by atomic mass is 19.1. The largest absolute Gasteiger partial charge is 0.355 e. The molecule has 1 unspecified atom stereocenters. The number of nitrogens with one attached hydrogen (secondary N) is 3. The molecule has 0 amide bonds. The number of rotatable bonds is 5. The summed E-state index contributed by atoms with van der Waals surface area (Å²) in [7, 11) is 0. The average molecular weight is 417 g/mol. The highest BCUT2D eigenvalue weighted by Crippen LogP contribution is 2.30. The summed E-state index contributed by atoms with van der Waals surface area (Å²) >= 11 is 0. The van der Waals surface area contributed by atoms with Crippen molar-refractivity contribution in [2.24, 2.45) is 0 Å². The Bertz CT molecular complexity index is 1210. The van der Waals surface area contributed by atoms with Gasteiger partial charge in [-0.25, -0.2) is 19.3 Å². The zero-order chi connectivity index (χ0) is 20.8. The van der Waals surface area contributed by atoms with Gasteiger partial charge in [-0.1, -0.05) is 6.07 Å². The summed E-state index contributed by atoms with van der Waals surface area (Å²) in [5.41, 5.74) is 3.92. The van der Waals surface area contributed by atoms with E-state index in [0.717, 1.165) is 48.7 Å². The van der Waals surface area contributed by atoms with Crippen molar-refractivity contribution in [3.8, 4) is 11.5 Å². The first kappa shape index (κ1) is 18.0. The molecule has 0 bridgehead atoms. The number of hydrogen-bond donors (Lipinski definition) is 3. The maximum atomic E-state index is 13.5. The Morgan fingerprint density at radius 3 is 2.84 bits per heavy atom. The topological polar surface area (TPSA) is 111 Å². The lowest BCUT2D eigenvalue weighted by molar-refractivity contribution is 0.509. The van der Waals surface area contributed by atoms with Crippen LogP contribution in [-0.2, 0) is 12.8 Å². The third-order valence-corrected chi connectivity index (χ3v) is 5.97. The standard InChI is InChI=1S/C21H20FN9/c22-15-2-1-12-6-16(7-13(12)5-15)26-21-23-4-3-17(27-21)20-24-9-19(28-20)31-10-14(11-31)18-8-25-30-29-18/h1-5,8-9,14,16H,6-7,10-11H2,(H,24,28)(H,23,26,27)(H,25,29,30). The average Bonchev–Trinajstić information content (AvgIpc) is 3.48. The first-order valence-corrected chi connectivity index (χ1v) is 10.2. The summed E-state index contributed by atoms with van der Waals surface area (Å²) in [5, 5.41) is 14.1. The molecular weight excluding hydrogens is 397 g/mol. The van der Waals surface area contributed by atoms with Gasteiger partial charge in [0, 0.05) is 31.2 Å². The molecule has 0 spiro atoms. The van der Waals surface area contributed by atoms with Gasteiger partial charge in [0.15, 0.2) is 5.82 Å². The number of nitrogens with zero attached hydrogens (tertiary/aromatic N) is 6. The van der Waals surface area contributed by atoms with Gasteiger partial charge in [-0.05, 0) is 42.2 Å².